The molecular formula is C12H9N3O3S. The molecule has 0 spiro atoms. The Bertz CT molecular complexity index is 869. The summed E-state index contributed by atoms with van der Waals surface area (Å²) in [5.41, 5.74) is 6.75. The zero-order chi connectivity index (χ0) is 13.8. The second-order valence-electron chi connectivity index (χ2n) is 4.20. The number of rotatable bonds is 1. The van der Waals surface area contributed by atoms with Gasteiger partial charge in [-0.2, -0.15) is 8.42 Å². The highest BCUT2D eigenvalue weighted by atomic mass is 32.2. The van der Waals surface area contributed by atoms with Gasteiger partial charge in [0.2, 0.25) is 0 Å². The topological polar surface area (TPSA) is 117 Å². The predicted molar refractivity (Wildman–Crippen MR) is 71.3 cm³/mol. The van der Waals surface area contributed by atoms with Gasteiger partial charge in [-0.15, -0.1) is 0 Å². The van der Waals surface area contributed by atoms with Crippen LogP contribution in [0.5, 0.6) is 0 Å². The Labute approximate surface area is 108 Å². The van der Waals surface area contributed by atoms with Gasteiger partial charge in [-0.3, -0.25) is 9.96 Å². The first-order chi connectivity index (χ1) is 8.88. The van der Waals surface area contributed by atoms with E-state index in [1.807, 2.05) is 0 Å². The van der Waals surface area contributed by atoms with Crippen LogP contribution in [0.3, 0.4) is 0 Å². The van der Waals surface area contributed by atoms with Crippen LogP contribution in [0, 0.1) is 5.41 Å². The molecule has 4 N–H and O–H groups in total. The highest BCUT2D eigenvalue weighted by Crippen LogP contribution is 2.28. The second kappa shape index (κ2) is 3.62. The highest BCUT2D eigenvalue weighted by molar-refractivity contribution is 7.86. The number of nitrogens with two attached hydrogens (primary N) is 1. The zero-order valence-corrected chi connectivity index (χ0v) is 10.4. The van der Waals surface area contributed by atoms with Crippen molar-refractivity contribution in [1.29, 1.82) is 5.41 Å². The molecular weight excluding hydrogens is 266 g/mol. The van der Waals surface area contributed by atoms with Crippen LogP contribution in [0.15, 0.2) is 40.2 Å². The van der Waals surface area contributed by atoms with Crippen LogP contribution in [-0.4, -0.2) is 24.6 Å². The van der Waals surface area contributed by atoms with E-state index >= 15 is 0 Å². The van der Waals surface area contributed by atoms with Gasteiger partial charge in [-0.1, -0.05) is 12.1 Å². The normalized spacial score (nSPS) is 14.6. The summed E-state index contributed by atoms with van der Waals surface area (Å²) in [7, 11) is -4.32. The molecule has 1 aliphatic rings. The Hall–Kier alpha value is -2.25. The number of hydrogen-bond acceptors (Lipinski definition) is 4. The molecule has 96 valence electrons. The maximum absolute atomic E-state index is 11.3. The molecule has 0 saturated heterocycles. The third kappa shape index (κ3) is 1.71. The van der Waals surface area contributed by atoms with Crippen LogP contribution in [0.1, 0.15) is 11.1 Å². The van der Waals surface area contributed by atoms with Crippen LogP contribution >= 0.6 is 0 Å². The summed E-state index contributed by atoms with van der Waals surface area (Å²) in [6, 6.07) is 7.73. The molecule has 0 radical (unpaired) electrons. The molecule has 0 aliphatic carbocycles. The van der Waals surface area contributed by atoms with E-state index in [4.69, 9.17) is 11.1 Å². The van der Waals surface area contributed by atoms with Gasteiger partial charge in [0.15, 0.2) is 5.84 Å². The summed E-state index contributed by atoms with van der Waals surface area (Å²) in [5.74, 6) is 0.221. The van der Waals surface area contributed by atoms with Crippen molar-refractivity contribution in [1.82, 2.24) is 0 Å². The number of hydrogen-bond donors (Lipinski definition) is 3. The average Bonchev–Trinajstić information content (AvgIpc) is 2.60. The molecule has 6 nitrogen and oxygen atoms in total. The van der Waals surface area contributed by atoms with Crippen molar-refractivity contribution >= 4 is 32.6 Å². The Morgan fingerprint density at radius 2 is 1.95 bits per heavy atom. The molecule has 0 fully saturated rings. The van der Waals surface area contributed by atoms with E-state index in [1.165, 1.54) is 18.2 Å². The van der Waals surface area contributed by atoms with Gasteiger partial charge < -0.3 is 5.73 Å². The molecule has 0 atom stereocenters. The monoisotopic (exact) mass is 275 g/mol. The lowest BCUT2D eigenvalue weighted by atomic mass is 10.0. The van der Waals surface area contributed by atoms with Crippen molar-refractivity contribution in [3.8, 4) is 0 Å². The van der Waals surface area contributed by atoms with Gasteiger partial charge >= 0.3 is 0 Å². The molecule has 0 bridgehead atoms. The molecule has 2 aromatic rings. The number of nitrogens with one attached hydrogen (secondary N) is 1. The van der Waals surface area contributed by atoms with Gasteiger partial charge in [0.05, 0.1) is 0 Å². The van der Waals surface area contributed by atoms with E-state index in [1.54, 1.807) is 12.1 Å². The van der Waals surface area contributed by atoms with E-state index in [-0.39, 0.29) is 16.6 Å². The SMILES string of the molecule is N=C1N=C(N)c2cc3cccc(S(=O)(=O)O)c3cc21. The van der Waals surface area contributed by atoms with Crippen molar-refractivity contribution in [2.24, 2.45) is 10.7 Å². The molecule has 1 heterocycles. The fraction of sp³-hybridized carbons (Fsp3) is 0. The van der Waals surface area contributed by atoms with Crippen molar-refractivity contribution < 1.29 is 13.0 Å². The minimum absolute atomic E-state index is 0.0143. The summed E-state index contributed by atoms with van der Waals surface area (Å²) in [6.07, 6.45) is 0. The number of aliphatic imine (C=N–C) groups is 1. The van der Waals surface area contributed by atoms with Crippen LogP contribution in [-0.2, 0) is 10.1 Å². The quantitative estimate of drug-likeness (QED) is 0.676. The number of amidine groups is 2. The van der Waals surface area contributed by atoms with Crippen LogP contribution in [0.25, 0.3) is 10.8 Å². The lowest BCUT2D eigenvalue weighted by molar-refractivity contribution is 0.484. The average molecular weight is 275 g/mol. The Balaban J connectivity index is 2.44. The van der Waals surface area contributed by atoms with E-state index in [0.717, 1.165) is 0 Å². The lowest BCUT2D eigenvalue weighted by Gasteiger charge is -2.07. The van der Waals surface area contributed by atoms with Crippen molar-refractivity contribution in [2.75, 3.05) is 0 Å². The van der Waals surface area contributed by atoms with Gasteiger partial charge in [0.1, 0.15) is 10.7 Å². The molecule has 0 aromatic heterocycles. The number of fused-ring (bicyclic) bond motifs is 2. The van der Waals surface area contributed by atoms with E-state index in [0.29, 0.717) is 21.9 Å². The zero-order valence-electron chi connectivity index (χ0n) is 9.58. The van der Waals surface area contributed by atoms with Crippen LogP contribution < -0.4 is 5.73 Å². The molecule has 7 heteroatoms. The lowest BCUT2D eigenvalue weighted by Crippen LogP contribution is -2.10. The summed E-state index contributed by atoms with van der Waals surface area (Å²) in [4.78, 5) is 3.65. The Morgan fingerprint density at radius 3 is 2.63 bits per heavy atom. The molecule has 3 rings (SSSR count). The standard InChI is InChI=1S/C12H9N3O3S/c13-11-8-4-6-2-1-3-10(19(16,17)18)7(6)5-9(8)12(14)15-11/h1-5H,(H3,13,14,15)(H,16,17,18). The van der Waals surface area contributed by atoms with E-state index < -0.39 is 10.1 Å². The molecule has 1 aliphatic heterocycles. The van der Waals surface area contributed by atoms with Gasteiger partial charge in [-0.05, 0) is 23.6 Å². The smallest absolute Gasteiger partial charge is 0.295 e. The molecule has 19 heavy (non-hydrogen) atoms. The molecule has 0 amide bonds. The summed E-state index contributed by atoms with van der Waals surface area (Å²) >= 11 is 0. The highest BCUT2D eigenvalue weighted by Gasteiger charge is 2.22. The first-order valence-corrected chi connectivity index (χ1v) is 6.79. The van der Waals surface area contributed by atoms with Gasteiger partial charge in [0, 0.05) is 16.5 Å². The van der Waals surface area contributed by atoms with Gasteiger partial charge in [0.25, 0.3) is 10.1 Å². The minimum atomic E-state index is -4.32. The Morgan fingerprint density at radius 1 is 1.21 bits per heavy atom. The second-order valence-corrected chi connectivity index (χ2v) is 5.59. The number of nitrogens with zero attached hydrogens (tertiary/aromatic N) is 1. The number of benzene rings is 2. The maximum atomic E-state index is 11.3. The van der Waals surface area contributed by atoms with Crippen molar-refractivity contribution in [3.05, 3.63) is 41.5 Å². The van der Waals surface area contributed by atoms with Crippen molar-refractivity contribution in [3.63, 3.8) is 0 Å². The maximum Gasteiger partial charge on any atom is 0.295 e. The van der Waals surface area contributed by atoms with E-state index in [9.17, 15) is 13.0 Å². The fourth-order valence-electron chi connectivity index (χ4n) is 2.17. The molecule has 0 saturated carbocycles. The third-order valence-corrected chi connectivity index (χ3v) is 3.93. The van der Waals surface area contributed by atoms with E-state index in [2.05, 4.69) is 4.99 Å². The third-order valence-electron chi connectivity index (χ3n) is 3.02. The fourth-order valence-corrected chi connectivity index (χ4v) is 2.88. The first-order valence-electron chi connectivity index (χ1n) is 5.35. The van der Waals surface area contributed by atoms with Gasteiger partial charge in [-0.25, -0.2) is 4.99 Å². The van der Waals surface area contributed by atoms with Crippen LogP contribution in [0.2, 0.25) is 0 Å². The Kier molecular flexibility index (Phi) is 2.25. The van der Waals surface area contributed by atoms with Crippen LogP contribution in [0.4, 0.5) is 0 Å². The molecule has 2 aromatic carbocycles. The van der Waals surface area contributed by atoms with Crippen molar-refractivity contribution in [2.45, 2.75) is 4.90 Å². The predicted octanol–water partition coefficient (Wildman–Crippen LogP) is 1.13. The largest absolute Gasteiger partial charge is 0.383 e. The molecule has 0 unspecified atom stereocenters. The minimum Gasteiger partial charge on any atom is -0.383 e. The summed E-state index contributed by atoms with van der Waals surface area (Å²) < 4.78 is 31.9. The summed E-state index contributed by atoms with van der Waals surface area (Å²) in [6.45, 7) is 0. The summed E-state index contributed by atoms with van der Waals surface area (Å²) in [5, 5.41) is 8.64. The first kappa shape index (κ1) is 11.8.